The molecular weight excluding hydrogens is 220 g/mol. The molecular formula is C11H12N4O2. The van der Waals surface area contributed by atoms with Crippen LogP contribution in [0.5, 0.6) is 0 Å². The Labute approximate surface area is 98.2 Å². The van der Waals surface area contributed by atoms with E-state index in [4.69, 9.17) is 5.11 Å². The average molecular weight is 232 g/mol. The lowest BCUT2D eigenvalue weighted by Gasteiger charge is -2.23. The molecule has 1 aliphatic rings. The zero-order chi connectivity index (χ0) is 12.1. The number of nitrogens with zero attached hydrogens (tertiary/aromatic N) is 3. The zero-order valence-electron chi connectivity index (χ0n) is 9.08. The first-order valence-corrected chi connectivity index (χ1v) is 5.17. The van der Waals surface area contributed by atoms with Crippen LogP contribution < -0.4 is 5.43 Å². The fourth-order valence-corrected chi connectivity index (χ4v) is 1.38. The van der Waals surface area contributed by atoms with E-state index in [0.717, 1.165) is 11.3 Å². The lowest BCUT2D eigenvalue weighted by atomic mass is 10.2. The van der Waals surface area contributed by atoms with Crippen LogP contribution in [0.25, 0.3) is 5.57 Å². The van der Waals surface area contributed by atoms with Gasteiger partial charge in [-0.25, -0.2) is 0 Å². The molecule has 88 valence electrons. The quantitative estimate of drug-likeness (QED) is 0.792. The Morgan fingerprint density at radius 2 is 2.41 bits per heavy atom. The van der Waals surface area contributed by atoms with Crippen LogP contribution in [0.2, 0.25) is 0 Å². The number of aliphatic carboxylic acids is 1. The van der Waals surface area contributed by atoms with Gasteiger partial charge < -0.3 is 10.5 Å². The van der Waals surface area contributed by atoms with E-state index in [2.05, 4.69) is 15.6 Å². The van der Waals surface area contributed by atoms with E-state index in [1.165, 1.54) is 0 Å². The Kier molecular flexibility index (Phi) is 3.34. The topological polar surface area (TPSA) is 78.3 Å². The van der Waals surface area contributed by atoms with Crippen LogP contribution in [0, 0.1) is 0 Å². The molecule has 6 nitrogen and oxygen atoms in total. The highest BCUT2D eigenvalue weighted by Gasteiger charge is 2.08. The van der Waals surface area contributed by atoms with Crippen molar-refractivity contribution in [2.24, 2.45) is 0 Å². The van der Waals surface area contributed by atoms with E-state index in [1.807, 2.05) is 18.2 Å². The Bertz CT molecular complexity index is 456. The van der Waals surface area contributed by atoms with Gasteiger partial charge in [0.15, 0.2) is 0 Å². The SMILES string of the molecule is O=C(O)CCN1C=CC(c2cccnn2)=CN1. The van der Waals surface area contributed by atoms with Crippen molar-refractivity contribution >= 4 is 11.5 Å². The highest BCUT2D eigenvalue weighted by atomic mass is 16.4. The van der Waals surface area contributed by atoms with Gasteiger partial charge in [0.05, 0.1) is 12.1 Å². The van der Waals surface area contributed by atoms with Gasteiger partial charge in [-0.15, -0.1) is 0 Å². The van der Waals surface area contributed by atoms with Crippen molar-refractivity contribution in [3.63, 3.8) is 0 Å². The molecule has 0 radical (unpaired) electrons. The van der Waals surface area contributed by atoms with Gasteiger partial charge in [0, 0.05) is 30.7 Å². The van der Waals surface area contributed by atoms with E-state index in [9.17, 15) is 4.79 Å². The molecule has 2 N–H and O–H groups in total. The summed E-state index contributed by atoms with van der Waals surface area (Å²) >= 11 is 0. The molecule has 1 aliphatic heterocycles. The summed E-state index contributed by atoms with van der Waals surface area (Å²) in [6.45, 7) is 0.413. The minimum atomic E-state index is -0.816. The van der Waals surface area contributed by atoms with Crippen molar-refractivity contribution in [1.82, 2.24) is 20.6 Å². The van der Waals surface area contributed by atoms with Gasteiger partial charge in [0.25, 0.3) is 0 Å². The van der Waals surface area contributed by atoms with Crippen molar-refractivity contribution in [3.05, 3.63) is 42.5 Å². The van der Waals surface area contributed by atoms with Gasteiger partial charge in [-0.05, 0) is 18.2 Å². The summed E-state index contributed by atoms with van der Waals surface area (Å²) in [7, 11) is 0. The van der Waals surface area contributed by atoms with Crippen LogP contribution in [-0.4, -0.2) is 32.8 Å². The molecule has 0 fully saturated rings. The van der Waals surface area contributed by atoms with E-state index < -0.39 is 5.97 Å². The van der Waals surface area contributed by atoms with E-state index in [1.54, 1.807) is 23.6 Å². The highest BCUT2D eigenvalue weighted by molar-refractivity contribution is 5.71. The van der Waals surface area contributed by atoms with Gasteiger partial charge in [-0.1, -0.05) is 0 Å². The molecule has 0 amide bonds. The van der Waals surface area contributed by atoms with Crippen LogP contribution >= 0.6 is 0 Å². The van der Waals surface area contributed by atoms with Gasteiger partial charge in [-0.2, -0.15) is 10.2 Å². The molecule has 0 aliphatic carbocycles. The molecule has 2 rings (SSSR count). The lowest BCUT2D eigenvalue weighted by molar-refractivity contribution is -0.137. The van der Waals surface area contributed by atoms with Crippen molar-refractivity contribution in [2.45, 2.75) is 6.42 Å². The second-order valence-corrected chi connectivity index (χ2v) is 3.49. The number of hydrogen-bond acceptors (Lipinski definition) is 5. The van der Waals surface area contributed by atoms with Gasteiger partial charge in [-0.3, -0.25) is 9.80 Å². The molecule has 0 atom stereocenters. The highest BCUT2D eigenvalue weighted by Crippen LogP contribution is 2.14. The van der Waals surface area contributed by atoms with Crippen molar-refractivity contribution in [3.8, 4) is 0 Å². The molecule has 17 heavy (non-hydrogen) atoms. The number of aromatic nitrogens is 2. The lowest BCUT2D eigenvalue weighted by Crippen LogP contribution is -2.33. The second-order valence-electron chi connectivity index (χ2n) is 3.49. The standard InChI is InChI=1S/C11H12N4O2/c16-11(17)4-7-15-6-3-9(8-13-15)10-2-1-5-12-14-10/h1-3,5-6,8,13H,4,7H2,(H,16,17). The maximum absolute atomic E-state index is 10.4. The molecule has 1 aromatic rings. The molecule has 0 unspecified atom stereocenters. The molecule has 6 heteroatoms. The molecule has 0 saturated heterocycles. The van der Waals surface area contributed by atoms with Gasteiger partial charge in [0.1, 0.15) is 0 Å². The number of carbonyl (C=O) groups is 1. The summed E-state index contributed by atoms with van der Waals surface area (Å²) in [6.07, 6.45) is 7.12. The molecule has 0 spiro atoms. The number of carboxylic acids is 1. The zero-order valence-corrected chi connectivity index (χ0v) is 9.08. The number of hydrazine groups is 1. The predicted molar refractivity (Wildman–Crippen MR) is 61.2 cm³/mol. The normalized spacial score (nSPS) is 14.1. The first-order valence-electron chi connectivity index (χ1n) is 5.17. The van der Waals surface area contributed by atoms with E-state index >= 15 is 0 Å². The van der Waals surface area contributed by atoms with Crippen LogP contribution in [0.4, 0.5) is 0 Å². The number of rotatable bonds is 4. The minimum Gasteiger partial charge on any atom is -0.481 e. The maximum atomic E-state index is 10.4. The van der Waals surface area contributed by atoms with Crippen molar-refractivity contribution in [2.75, 3.05) is 6.54 Å². The summed E-state index contributed by atoms with van der Waals surface area (Å²) in [5.41, 5.74) is 4.66. The third kappa shape index (κ3) is 3.04. The van der Waals surface area contributed by atoms with E-state index in [0.29, 0.717) is 6.54 Å². The fraction of sp³-hybridized carbons (Fsp3) is 0.182. The summed E-state index contributed by atoms with van der Waals surface area (Å²) < 4.78 is 0. The molecule has 0 saturated carbocycles. The monoisotopic (exact) mass is 232 g/mol. The second kappa shape index (κ2) is 5.11. The Morgan fingerprint density at radius 1 is 1.53 bits per heavy atom. The van der Waals surface area contributed by atoms with Gasteiger partial charge in [0.2, 0.25) is 0 Å². The summed E-state index contributed by atoms with van der Waals surface area (Å²) in [6, 6.07) is 3.67. The molecule has 2 heterocycles. The maximum Gasteiger partial charge on any atom is 0.305 e. The number of hydrogen-bond donors (Lipinski definition) is 2. The third-order valence-corrected chi connectivity index (χ3v) is 2.25. The summed E-state index contributed by atoms with van der Waals surface area (Å²) in [5.74, 6) is -0.816. The first-order chi connectivity index (χ1) is 8.25. The molecule has 0 bridgehead atoms. The molecule has 1 aromatic heterocycles. The average Bonchev–Trinajstić information content (AvgIpc) is 2.38. The first kappa shape index (κ1) is 11.1. The number of nitrogens with one attached hydrogen (secondary N) is 1. The van der Waals surface area contributed by atoms with Crippen LogP contribution in [0.1, 0.15) is 12.1 Å². The Balaban J connectivity index is 1.95. The Hall–Kier alpha value is -2.37. The van der Waals surface area contributed by atoms with Crippen LogP contribution in [0.3, 0.4) is 0 Å². The van der Waals surface area contributed by atoms with E-state index in [-0.39, 0.29) is 6.42 Å². The smallest absolute Gasteiger partial charge is 0.305 e. The summed E-state index contributed by atoms with van der Waals surface area (Å²) in [5, 5.41) is 18.0. The number of allylic oxidation sites excluding steroid dienone is 2. The summed E-state index contributed by atoms with van der Waals surface area (Å²) in [4.78, 5) is 10.4. The van der Waals surface area contributed by atoms with Crippen LogP contribution in [-0.2, 0) is 4.79 Å². The van der Waals surface area contributed by atoms with Crippen molar-refractivity contribution < 1.29 is 9.90 Å². The predicted octanol–water partition coefficient (Wildman–Crippen LogP) is 0.626. The fourth-order valence-electron chi connectivity index (χ4n) is 1.38. The Morgan fingerprint density at radius 3 is 3.00 bits per heavy atom. The van der Waals surface area contributed by atoms with Crippen molar-refractivity contribution in [1.29, 1.82) is 0 Å². The largest absolute Gasteiger partial charge is 0.481 e. The number of carboxylic acid groups (broad SMARTS) is 1. The third-order valence-electron chi connectivity index (χ3n) is 2.25. The minimum absolute atomic E-state index is 0.0889. The van der Waals surface area contributed by atoms with Crippen LogP contribution in [0.15, 0.2) is 36.8 Å². The molecule has 0 aromatic carbocycles. The van der Waals surface area contributed by atoms with Gasteiger partial charge >= 0.3 is 5.97 Å².